The van der Waals surface area contributed by atoms with Gasteiger partial charge in [0, 0.05) is 17.7 Å². The Bertz CT molecular complexity index is 275. The van der Waals surface area contributed by atoms with Crippen LogP contribution in [0.4, 0.5) is 0 Å². The topological polar surface area (TPSA) is 12.0 Å². The first-order valence-corrected chi connectivity index (χ1v) is 6.82. The van der Waals surface area contributed by atoms with Crippen molar-refractivity contribution in [1.29, 1.82) is 0 Å². The van der Waals surface area contributed by atoms with Crippen LogP contribution in [0.2, 0.25) is 0 Å². The van der Waals surface area contributed by atoms with Gasteiger partial charge in [-0.05, 0) is 31.8 Å². The number of hydrogen-bond donors (Lipinski definition) is 1. The van der Waals surface area contributed by atoms with Gasteiger partial charge >= 0.3 is 0 Å². The van der Waals surface area contributed by atoms with Crippen LogP contribution in [0.3, 0.4) is 0 Å². The molecule has 1 N–H and O–H groups in total. The Hall–Kier alpha value is -0.720. The lowest BCUT2D eigenvalue weighted by Crippen LogP contribution is -2.26. The van der Waals surface area contributed by atoms with E-state index in [0.717, 1.165) is 13.0 Å². The lowest BCUT2D eigenvalue weighted by molar-refractivity contribution is 0.326. The fourth-order valence-corrected chi connectivity index (χ4v) is 2.66. The van der Waals surface area contributed by atoms with Gasteiger partial charge in [0.05, 0.1) is 0 Å². The van der Waals surface area contributed by atoms with Crippen LogP contribution in [0.25, 0.3) is 0 Å². The molecule has 1 nitrogen and oxygen atoms in total. The van der Waals surface area contributed by atoms with Gasteiger partial charge in [-0.15, -0.1) is 0 Å². The molecule has 1 rings (SSSR count). The van der Waals surface area contributed by atoms with Crippen LogP contribution in [0.15, 0.2) is 23.4 Å². The van der Waals surface area contributed by atoms with Crippen LogP contribution < -0.4 is 5.32 Å². The maximum atomic E-state index is 3.56. The zero-order valence-corrected chi connectivity index (χ0v) is 11.4. The number of allylic oxidation sites excluding steroid dienone is 3. The summed E-state index contributed by atoms with van der Waals surface area (Å²) in [5.41, 5.74) is 3.36. The minimum absolute atomic E-state index is 0.408. The highest BCUT2D eigenvalue weighted by molar-refractivity contribution is 5.35. The van der Waals surface area contributed by atoms with E-state index in [1.807, 2.05) is 0 Å². The van der Waals surface area contributed by atoms with Crippen LogP contribution in [0.5, 0.6) is 0 Å². The summed E-state index contributed by atoms with van der Waals surface area (Å²) in [5, 5.41) is 3.56. The predicted octanol–water partition coefficient (Wildman–Crippen LogP) is 4.42. The Morgan fingerprint density at radius 2 is 2.06 bits per heavy atom. The molecule has 0 aromatic carbocycles. The molecule has 16 heavy (non-hydrogen) atoms. The molecule has 1 atom stereocenters. The third-order valence-corrected chi connectivity index (χ3v) is 3.87. The lowest BCUT2D eigenvalue weighted by atomic mass is 9.75. The van der Waals surface area contributed by atoms with Crippen molar-refractivity contribution in [2.45, 2.75) is 59.8 Å². The maximum Gasteiger partial charge on any atom is 0.0241 e. The normalized spacial score (nSPS) is 25.5. The Balaban J connectivity index is 2.87. The molecule has 1 unspecified atom stereocenters. The summed E-state index contributed by atoms with van der Waals surface area (Å²) in [6.45, 7) is 10.2. The fraction of sp³-hybridized carbons (Fsp3) is 0.733. The highest BCUT2D eigenvalue weighted by atomic mass is 14.9. The summed E-state index contributed by atoms with van der Waals surface area (Å²) in [5.74, 6) is 0. The molecule has 1 aliphatic heterocycles. The average Bonchev–Trinajstić information content (AvgIpc) is 2.62. The molecule has 92 valence electrons. The van der Waals surface area contributed by atoms with Crippen LogP contribution in [0.1, 0.15) is 59.8 Å². The summed E-state index contributed by atoms with van der Waals surface area (Å²) >= 11 is 0. The molecular formula is C15H27N. The molecule has 0 fully saturated rings. The van der Waals surface area contributed by atoms with Crippen molar-refractivity contribution < 1.29 is 0 Å². The SMILES string of the molecule is CC/C=C\C1=C(C)NCC1(CC)CCCC. The summed E-state index contributed by atoms with van der Waals surface area (Å²) in [6, 6.07) is 0. The third-order valence-electron chi connectivity index (χ3n) is 3.87. The van der Waals surface area contributed by atoms with Crippen LogP contribution >= 0.6 is 0 Å². The molecule has 0 bridgehead atoms. The Labute approximate surface area is 101 Å². The van der Waals surface area contributed by atoms with Crippen molar-refractivity contribution in [3.05, 3.63) is 23.4 Å². The van der Waals surface area contributed by atoms with Crippen molar-refractivity contribution in [2.75, 3.05) is 6.54 Å². The molecule has 0 saturated carbocycles. The Morgan fingerprint density at radius 3 is 2.62 bits per heavy atom. The first-order chi connectivity index (χ1) is 7.70. The number of hydrogen-bond acceptors (Lipinski definition) is 1. The molecule has 0 spiro atoms. The summed E-state index contributed by atoms with van der Waals surface area (Å²) in [4.78, 5) is 0. The van der Waals surface area contributed by atoms with Crippen molar-refractivity contribution in [3.8, 4) is 0 Å². The molecule has 0 aliphatic carbocycles. The second-order valence-corrected chi connectivity index (χ2v) is 4.94. The summed E-state index contributed by atoms with van der Waals surface area (Å²) in [6.07, 6.45) is 11.0. The van der Waals surface area contributed by atoms with E-state index in [1.165, 1.54) is 31.4 Å². The van der Waals surface area contributed by atoms with Gasteiger partial charge in [0.1, 0.15) is 0 Å². The van der Waals surface area contributed by atoms with Gasteiger partial charge in [-0.1, -0.05) is 45.8 Å². The molecule has 1 aliphatic rings. The van der Waals surface area contributed by atoms with E-state index >= 15 is 0 Å². The summed E-state index contributed by atoms with van der Waals surface area (Å²) in [7, 11) is 0. The van der Waals surface area contributed by atoms with E-state index in [1.54, 1.807) is 5.57 Å². The fourth-order valence-electron chi connectivity index (χ4n) is 2.66. The van der Waals surface area contributed by atoms with E-state index < -0.39 is 0 Å². The van der Waals surface area contributed by atoms with Crippen LogP contribution in [-0.2, 0) is 0 Å². The van der Waals surface area contributed by atoms with Crippen molar-refractivity contribution in [3.63, 3.8) is 0 Å². The number of unbranched alkanes of at least 4 members (excludes halogenated alkanes) is 1. The molecule has 0 saturated heterocycles. The van der Waals surface area contributed by atoms with E-state index in [4.69, 9.17) is 0 Å². The van der Waals surface area contributed by atoms with Gasteiger partial charge in [-0.25, -0.2) is 0 Å². The van der Waals surface area contributed by atoms with Gasteiger partial charge in [-0.2, -0.15) is 0 Å². The largest absolute Gasteiger partial charge is 0.387 e. The lowest BCUT2D eigenvalue weighted by Gasteiger charge is -2.29. The maximum absolute atomic E-state index is 3.56. The number of rotatable bonds is 6. The third kappa shape index (κ3) is 2.69. The van der Waals surface area contributed by atoms with E-state index in [9.17, 15) is 0 Å². The molecule has 1 heterocycles. The molecular weight excluding hydrogens is 194 g/mol. The van der Waals surface area contributed by atoms with Gasteiger partial charge < -0.3 is 5.32 Å². The van der Waals surface area contributed by atoms with Gasteiger partial charge in [0.15, 0.2) is 0 Å². The summed E-state index contributed by atoms with van der Waals surface area (Å²) < 4.78 is 0. The number of nitrogens with one attached hydrogen (secondary N) is 1. The van der Waals surface area contributed by atoms with E-state index in [0.29, 0.717) is 5.41 Å². The second kappa shape index (κ2) is 6.12. The zero-order valence-electron chi connectivity index (χ0n) is 11.4. The quantitative estimate of drug-likeness (QED) is 0.700. The first-order valence-electron chi connectivity index (χ1n) is 6.82. The Kier molecular flexibility index (Phi) is 5.11. The van der Waals surface area contributed by atoms with Crippen molar-refractivity contribution in [1.82, 2.24) is 5.32 Å². The standard InChI is InChI=1S/C15H27N/c1-5-8-10-14-13(4)16-12-15(14,7-3)11-9-6-2/h8,10,16H,5-7,9,11-12H2,1-4H3/b10-8-. The highest BCUT2D eigenvalue weighted by Crippen LogP contribution is 2.42. The molecule has 0 radical (unpaired) electrons. The molecule has 1 heteroatoms. The smallest absolute Gasteiger partial charge is 0.0241 e. The Morgan fingerprint density at radius 1 is 1.31 bits per heavy atom. The van der Waals surface area contributed by atoms with Gasteiger partial charge in [-0.3, -0.25) is 0 Å². The van der Waals surface area contributed by atoms with E-state index in [-0.39, 0.29) is 0 Å². The zero-order chi connectivity index (χ0) is 12.0. The van der Waals surface area contributed by atoms with Crippen molar-refractivity contribution >= 4 is 0 Å². The minimum atomic E-state index is 0.408. The first kappa shape index (κ1) is 13.3. The van der Waals surface area contributed by atoms with Gasteiger partial charge in [0.25, 0.3) is 0 Å². The van der Waals surface area contributed by atoms with Crippen molar-refractivity contribution in [2.24, 2.45) is 5.41 Å². The van der Waals surface area contributed by atoms with Crippen LogP contribution in [-0.4, -0.2) is 6.54 Å². The minimum Gasteiger partial charge on any atom is -0.387 e. The molecule has 0 aromatic heterocycles. The average molecular weight is 221 g/mol. The van der Waals surface area contributed by atoms with Gasteiger partial charge in [0.2, 0.25) is 0 Å². The second-order valence-electron chi connectivity index (χ2n) is 4.94. The predicted molar refractivity (Wildman–Crippen MR) is 72.4 cm³/mol. The highest BCUT2D eigenvalue weighted by Gasteiger charge is 2.35. The molecule has 0 aromatic rings. The monoisotopic (exact) mass is 221 g/mol. The van der Waals surface area contributed by atoms with E-state index in [2.05, 4.69) is 45.2 Å². The van der Waals surface area contributed by atoms with Crippen LogP contribution in [0, 0.1) is 5.41 Å². The molecule has 0 amide bonds.